The number of amides is 1. The zero-order chi connectivity index (χ0) is 15.2. The second kappa shape index (κ2) is 7.58. The summed E-state index contributed by atoms with van der Waals surface area (Å²) in [6.45, 7) is 7.49. The molecule has 1 aliphatic rings. The van der Waals surface area contributed by atoms with Gasteiger partial charge in [-0.05, 0) is 54.7 Å². The molecule has 1 saturated carbocycles. The fourth-order valence-electron chi connectivity index (χ4n) is 3.51. The van der Waals surface area contributed by atoms with Crippen molar-refractivity contribution in [2.45, 2.75) is 46.5 Å². The van der Waals surface area contributed by atoms with E-state index in [-0.39, 0.29) is 11.8 Å². The number of nitrogens with zero attached hydrogens (tertiary/aromatic N) is 1. The normalized spacial score (nSPS) is 25.8. The number of aromatic nitrogens is 1. The molecule has 1 N–H and O–H groups in total. The van der Waals surface area contributed by atoms with Crippen molar-refractivity contribution in [2.75, 3.05) is 6.54 Å². The van der Waals surface area contributed by atoms with Crippen molar-refractivity contribution in [3.05, 3.63) is 30.1 Å². The summed E-state index contributed by atoms with van der Waals surface area (Å²) in [6.07, 6.45) is 7.99. The van der Waals surface area contributed by atoms with Gasteiger partial charge in [-0.15, -0.1) is 0 Å². The Morgan fingerprint density at radius 3 is 2.71 bits per heavy atom. The van der Waals surface area contributed by atoms with Crippen LogP contribution in [0.4, 0.5) is 0 Å². The molecule has 1 unspecified atom stereocenters. The van der Waals surface area contributed by atoms with Crippen LogP contribution in [0.1, 0.15) is 45.6 Å². The van der Waals surface area contributed by atoms with Crippen molar-refractivity contribution in [3.63, 3.8) is 0 Å². The topological polar surface area (TPSA) is 42.0 Å². The molecule has 3 nitrogen and oxygen atoms in total. The van der Waals surface area contributed by atoms with E-state index < -0.39 is 0 Å². The van der Waals surface area contributed by atoms with Crippen LogP contribution in [0.2, 0.25) is 0 Å². The summed E-state index contributed by atoms with van der Waals surface area (Å²) in [5.41, 5.74) is 1.22. The summed E-state index contributed by atoms with van der Waals surface area (Å²) in [5.74, 6) is 2.27. The lowest BCUT2D eigenvalue weighted by atomic mass is 9.70. The molecule has 21 heavy (non-hydrogen) atoms. The Kier molecular flexibility index (Phi) is 5.77. The maximum absolute atomic E-state index is 12.5. The molecule has 0 radical (unpaired) electrons. The minimum atomic E-state index is 0.200. The summed E-state index contributed by atoms with van der Waals surface area (Å²) >= 11 is 0. The summed E-state index contributed by atoms with van der Waals surface area (Å²) in [6, 6.07) is 4.01. The van der Waals surface area contributed by atoms with Crippen LogP contribution in [0.25, 0.3) is 0 Å². The van der Waals surface area contributed by atoms with Gasteiger partial charge in [0.15, 0.2) is 0 Å². The summed E-state index contributed by atoms with van der Waals surface area (Å²) < 4.78 is 0. The maximum atomic E-state index is 12.5. The van der Waals surface area contributed by atoms with Crippen LogP contribution in [0.3, 0.4) is 0 Å². The molecular formula is C18H28N2O. The average Bonchev–Trinajstić information content (AvgIpc) is 2.47. The van der Waals surface area contributed by atoms with Gasteiger partial charge in [-0.2, -0.15) is 0 Å². The van der Waals surface area contributed by atoms with Crippen molar-refractivity contribution in [1.29, 1.82) is 0 Å². The van der Waals surface area contributed by atoms with E-state index in [1.807, 2.05) is 12.1 Å². The Balaban J connectivity index is 1.85. The van der Waals surface area contributed by atoms with Crippen LogP contribution in [0, 0.1) is 23.7 Å². The molecule has 0 aromatic carbocycles. The number of carbonyl (C=O) groups is 1. The molecule has 0 aliphatic heterocycles. The molecule has 1 aromatic rings. The highest BCUT2D eigenvalue weighted by Crippen LogP contribution is 2.38. The lowest BCUT2D eigenvalue weighted by molar-refractivity contribution is -0.129. The predicted molar refractivity (Wildman–Crippen MR) is 85.8 cm³/mol. The molecular weight excluding hydrogens is 260 g/mol. The molecule has 1 fully saturated rings. The monoisotopic (exact) mass is 288 g/mol. The first kappa shape index (κ1) is 16.0. The number of nitrogens with one attached hydrogen (secondary N) is 1. The highest BCUT2D eigenvalue weighted by Gasteiger charge is 2.35. The molecule has 3 heteroatoms. The SMILES string of the molecule is CC(C)[C@@H]1CC[C@@H](C)CC1C(=O)NCCc1ccncc1. The smallest absolute Gasteiger partial charge is 0.223 e. The lowest BCUT2D eigenvalue weighted by Crippen LogP contribution is -2.40. The maximum Gasteiger partial charge on any atom is 0.223 e. The van der Waals surface area contributed by atoms with Gasteiger partial charge in [0.1, 0.15) is 0 Å². The van der Waals surface area contributed by atoms with Gasteiger partial charge >= 0.3 is 0 Å². The molecule has 0 bridgehead atoms. The zero-order valence-electron chi connectivity index (χ0n) is 13.5. The van der Waals surface area contributed by atoms with Crippen LogP contribution in [-0.2, 0) is 11.2 Å². The molecule has 0 spiro atoms. The minimum Gasteiger partial charge on any atom is -0.356 e. The van der Waals surface area contributed by atoms with Crippen LogP contribution < -0.4 is 5.32 Å². The van der Waals surface area contributed by atoms with Gasteiger partial charge < -0.3 is 5.32 Å². The largest absolute Gasteiger partial charge is 0.356 e. The number of hydrogen-bond acceptors (Lipinski definition) is 2. The average molecular weight is 288 g/mol. The van der Waals surface area contributed by atoms with Gasteiger partial charge in [0.25, 0.3) is 0 Å². The van der Waals surface area contributed by atoms with E-state index >= 15 is 0 Å². The van der Waals surface area contributed by atoms with Crippen molar-refractivity contribution in [3.8, 4) is 0 Å². The summed E-state index contributed by atoms with van der Waals surface area (Å²) in [5, 5.41) is 3.15. The Labute approximate surface area is 128 Å². The van der Waals surface area contributed by atoms with E-state index in [0.717, 1.165) is 19.4 Å². The molecule has 1 amide bonds. The molecule has 3 atom stereocenters. The third kappa shape index (κ3) is 4.55. The summed E-state index contributed by atoms with van der Waals surface area (Å²) in [7, 11) is 0. The molecule has 116 valence electrons. The van der Waals surface area contributed by atoms with Crippen LogP contribution >= 0.6 is 0 Å². The van der Waals surface area contributed by atoms with Crippen molar-refractivity contribution >= 4 is 5.91 Å². The van der Waals surface area contributed by atoms with Gasteiger partial charge in [-0.1, -0.05) is 27.2 Å². The van der Waals surface area contributed by atoms with Gasteiger partial charge in [0.05, 0.1) is 0 Å². The van der Waals surface area contributed by atoms with Crippen molar-refractivity contribution in [2.24, 2.45) is 23.7 Å². The Morgan fingerprint density at radius 1 is 1.33 bits per heavy atom. The predicted octanol–water partition coefficient (Wildman–Crippen LogP) is 3.45. The molecule has 1 aliphatic carbocycles. The molecule has 2 rings (SSSR count). The number of hydrogen-bond donors (Lipinski definition) is 1. The van der Waals surface area contributed by atoms with Crippen LogP contribution in [0.15, 0.2) is 24.5 Å². The highest BCUT2D eigenvalue weighted by atomic mass is 16.1. The Hall–Kier alpha value is -1.38. The van der Waals surface area contributed by atoms with Crippen LogP contribution in [-0.4, -0.2) is 17.4 Å². The molecule has 0 saturated heterocycles. The van der Waals surface area contributed by atoms with E-state index in [1.165, 1.54) is 18.4 Å². The van der Waals surface area contributed by atoms with Crippen LogP contribution in [0.5, 0.6) is 0 Å². The van der Waals surface area contributed by atoms with E-state index in [0.29, 0.717) is 17.8 Å². The fourth-order valence-corrected chi connectivity index (χ4v) is 3.51. The first-order valence-electron chi connectivity index (χ1n) is 8.24. The minimum absolute atomic E-state index is 0.200. The Bertz CT molecular complexity index is 444. The van der Waals surface area contributed by atoms with Gasteiger partial charge in [0, 0.05) is 24.9 Å². The van der Waals surface area contributed by atoms with E-state index in [1.54, 1.807) is 12.4 Å². The zero-order valence-corrected chi connectivity index (χ0v) is 13.5. The molecule has 1 heterocycles. The third-order valence-electron chi connectivity index (χ3n) is 4.82. The van der Waals surface area contributed by atoms with Crippen molar-refractivity contribution in [1.82, 2.24) is 10.3 Å². The first-order valence-corrected chi connectivity index (χ1v) is 8.24. The van der Waals surface area contributed by atoms with E-state index in [9.17, 15) is 4.79 Å². The van der Waals surface area contributed by atoms with Crippen molar-refractivity contribution < 1.29 is 4.79 Å². The number of pyridine rings is 1. The van der Waals surface area contributed by atoms with Gasteiger partial charge in [-0.25, -0.2) is 0 Å². The third-order valence-corrected chi connectivity index (χ3v) is 4.82. The van der Waals surface area contributed by atoms with Gasteiger partial charge in [0.2, 0.25) is 5.91 Å². The highest BCUT2D eigenvalue weighted by molar-refractivity contribution is 5.79. The number of rotatable bonds is 5. The second-order valence-corrected chi connectivity index (χ2v) is 6.83. The van der Waals surface area contributed by atoms with Gasteiger partial charge in [-0.3, -0.25) is 9.78 Å². The van der Waals surface area contributed by atoms with E-state index in [2.05, 4.69) is 31.1 Å². The second-order valence-electron chi connectivity index (χ2n) is 6.83. The Morgan fingerprint density at radius 2 is 2.05 bits per heavy atom. The number of carbonyl (C=O) groups excluding carboxylic acids is 1. The quantitative estimate of drug-likeness (QED) is 0.901. The van der Waals surface area contributed by atoms with E-state index in [4.69, 9.17) is 0 Å². The summed E-state index contributed by atoms with van der Waals surface area (Å²) in [4.78, 5) is 16.5. The molecule has 1 aromatic heterocycles. The first-order chi connectivity index (χ1) is 10.1. The standard InChI is InChI=1S/C18H28N2O/c1-13(2)16-5-4-14(3)12-17(16)18(21)20-11-8-15-6-9-19-10-7-15/h6-7,9-10,13-14,16-17H,4-5,8,11-12H2,1-3H3,(H,20,21)/t14-,16+,17?/m1/s1. The lowest BCUT2D eigenvalue weighted by Gasteiger charge is -2.36. The fraction of sp³-hybridized carbons (Fsp3) is 0.667.